The summed E-state index contributed by atoms with van der Waals surface area (Å²) in [5, 5.41) is 3.05. The zero-order chi connectivity index (χ0) is 63.5. The summed E-state index contributed by atoms with van der Waals surface area (Å²) in [6, 6.07) is -0.886. The SMILES string of the molecule is CCCCC/C=C\C/C=C\CCCCCCCCCCCCCCCC(=O)NC(COP(=O)([O-])OCC[N+](C)(C)C)C(/C=C/CCCCCCCCCCC)OC(=O)CCCCCCCCCCCCCCCCCCCCCCCCCCCCC. The van der Waals surface area contributed by atoms with Crippen molar-refractivity contribution in [2.45, 2.75) is 405 Å². The van der Waals surface area contributed by atoms with Crippen molar-refractivity contribution >= 4 is 19.7 Å². The van der Waals surface area contributed by atoms with Gasteiger partial charge in [0, 0.05) is 12.8 Å². The van der Waals surface area contributed by atoms with E-state index in [0.717, 1.165) is 64.2 Å². The molecular weight excluding hydrogens is 1100 g/mol. The summed E-state index contributed by atoms with van der Waals surface area (Å²) >= 11 is 0. The second-order valence-corrected chi connectivity index (χ2v) is 28.9. The summed E-state index contributed by atoms with van der Waals surface area (Å²) in [6.07, 6.45) is 84.3. The number of likely N-dealkylation sites (N-methyl/N-ethyl adjacent to an activating group) is 1. The number of carbonyl (C=O) groups excluding carboxylic acids is 2. The molecule has 87 heavy (non-hydrogen) atoms. The first kappa shape index (κ1) is 85.2. The molecule has 0 fully saturated rings. The number of phosphoric acid groups is 1. The molecule has 0 saturated heterocycles. The maximum absolute atomic E-state index is 13.6. The number of hydrogen-bond donors (Lipinski definition) is 1. The van der Waals surface area contributed by atoms with Gasteiger partial charge >= 0.3 is 5.97 Å². The summed E-state index contributed by atoms with van der Waals surface area (Å²) in [5.74, 6) is -0.520. The van der Waals surface area contributed by atoms with Crippen LogP contribution in [0.3, 0.4) is 0 Å². The summed E-state index contributed by atoms with van der Waals surface area (Å²) in [5.41, 5.74) is 0. The first-order valence-corrected chi connectivity index (χ1v) is 39.8. The molecule has 1 N–H and O–H groups in total. The highest BCUT2D eigenvalue weighted by atomic mass is 31.2. The number of phosphoric ester groups is 1. The molecule has 0 aliphatic heterocycles. The number of ether oxygens (including phenoxy) is 1. The number of nitrogens with zero attached hydrogens (tertiary/aromatic N) is 1. The number of carbonyl (C=O) groups is 2. The minimum atomic E-state index is -4.70. The van der Waals surface area contributed by atoms with Gasteiger partial charge < -0.3 is 28.5 Å². The third-order valence-corrected chi connectivity index (χ3v) is 18.5. The Balaban J connectivity index is 4.88. The second kappa shape index (κ2) is 67.1. The van der Waals surface area contributed by atoms with Gasteiger partial charge in [0.25, 0.3) is 7.82 Å². The molecule has 3 atom stereocenters. The van der Waals surface area contributed by atoms with Crippen molar-refractivity contribution < 1.29 is 37.3 Å². The Kier molecular flexibility index (Phi) is 65.8. The summed E-state index contributed by atoms with van der Waals surface area (Å²) in [4.78, 5) is 40.2. The fourth-order valence-corrected chi connectivity index (χ4v) is 12.4. The van der Waals surface area contributed by atoms with Crippen LogP contribution in [-0.2, 0) is 27.9 Å². The zero-order valence-electron chi connectivity index (χ0n) is 59.0. The van der Waals surface area contributed by atoms with Crippen LogP contribution in [0.15, 0.2) is 36.5 Å². The molecule has 0 saturated carbocycles. The molecular formula is C77H149N2O7P. The van der Waals surface area contributed by atoms with Crippen LogP contribution < -0.4 is 10.2 Å². The van der Waals surface area contributed by atoms with Crippen molar-refractivity contribution in [3.8, 4) is 0 Å². The summed E-state index contributed by atoms with van der Waals surface area (Å²) < 4.78 is 30.5. The predicted octanol–water partition coefficient (Wildman–Crippen LogP) is 23.9. The Morgan fingerprint density at radius 2 is 0.701 bits per heavy atom. The van der Waals surface area contributed by atoms with E-state index in [1.165, 1.54) is 295 Å². The van der Waals surface area contributed by atoms with Crippen molar-refractivity contribution in [1.29, 1.82) is 0 Å². The van der Waals surface area contributed by atoms with Gasteiger partial charge in [0.05, 0.1) is 33.8 Å². The molecule has 1 amide bonds. The van der Waals surface area contributed by atoms with E-state index in [1.807, 2.05) is 33.3 Å². The highest BCUT2D eigenvalue weighted by Gasteiger charge is 2.27. The second-order valence-electron chi connectivity index (χ2n) is 27.5. The molecule has 10 heteroatoms. The number of quaternary nitrogens is 1. The van der Waals surface area contributed by atoms with E-state index in [2.05, 4.69) is 50.4 Å². The Labute approximate surface area is 542 Å². The van der Waals surface area contributed by atoms with Gasteiger partial charge in [0.15, 0.2) is 0 Å². The number of nitrogens with one attached hydrogen (secondary N) is 1. The highest BCUT2D eigenvalue weighted by molar-refractivity contribution is 7.45. The number of unbranched alkanes of at least 4 members (excludes halogenated alkanes) is 51. The van der Waals surface area contributed by atoms with E-state index in [-0.39, 0.29) is 31.5 Å². The van der Waals surface area contributed by atoms with Gasteiger partial charge in [-0.1, -0.05) is 353 Å². The molecule has 0 aromatic rings. The molecule has 0 aliphatic rings. The Bertz CT molecular complexity index is 1580. The smallest absolute Gasteiger partial charge is 0.306 e. The average molecular weight is 1250 g/mol. The quantitative estimate of drug-likeness (QED) is 0.0212. The lowest BCUT2D eigenvalue weighted by Crippen LogP contribution is -2.47. The number of esters is 1. The molecule has 0 rings (SSSR count). The average Bonchev–Trinajstić information content (AvgIpc) is 3.70. The standard InChI is InChI=1S/C77H149N2O7P/c1-7-10-13-16-19-22-25-27-29-31-33-35-37-38-39-40-42-44-46-48-50-52-55-58-61-64-67-70-77(81)86-75(68-65-62-59-56-53-24-21-18-15-12-9-3)74(73-85-87(82,83)84-72-71-79(4,5)6)78-76(80)69-66-63-60-57-54-51-49-47-45-43-41-36-34-32-30-28-26-23-20-17-14-11-8-2/h20,23,28,30,65,68,74-75H,7-19,21-22,24-27,29,31-64,66-67,69-73H2,1-6H3,(H-,78,80,82,83)/b23-20-,30-28-,68-65+. The molecule has 0 aliphatic carbocycles. The van der Waals surface area contributed by atoms with Gasteiger partial charge in [-0.05, 0) is 63.9 Å². The van der Waals surface area contributed by atoms with Crippen molar-refractivity contribution in [3.63, 3.8) is 0 Å². The zero-order valence-corrected chi connectivity index (χ0v) is 59.9. The number of hydrogen-bond acceptors (Lipinski definition) is 7. The van der Waals surface area contributed by atoms with Gasteiger partial charge in [0.2, 0.25) is 5.91 Å². The first-order chi connectivity index (χ1) is 42.4. The third-order valence-electron chi connectivity index (χ3n) is 17.6. The van der Waals surface area contributed by atoms with Gasteiger partial charge in [-0.15, -0.1) is 0 Å². The van der Waals surface area contributed by atoms with Crippen LogP contribution in [0, 0.1) is 0 Å². The van der Waals surface area contributed by atoms with Crippen LogP contribution in [0.2, 0.25) is 0 Å². The lowest BCUT2D eigenvalue weighted by Gasteiger charge is -2.30. The van der Waals surface area contributed by atoms with Gasteiger partial charge in [-0.3, -0.25) is 14.2 Å². The van der Waals surface area contributed by atoms with Crippen molar-refractivity contribution in [3.05, 3.63) is 36.5 Å². The van der Waals surface area contributed by atoms with Crippen LogP contribution >= 0.6 is 7.82 Å². The van der Waals surface area contributed by atoms with Crippen molar-refractivity contribution in [2.75, 3.05) is 40.9 Å². The third kappa shape index (κ3) is 68.4. The van der Waals surface area contributed by atoms with E-state index in [4.69, 9.17) is 13.8 Å². The van der Waals surface area contributed by atoms with Crippen molar-refractivity contribution in [2.24, 2.45) is 0 Å². The molecule has 3 unspecified atom stereocenters. The monoisotopic (exact) mass is 1250 g/mol. The molecule has 0 radical (unpaired) electrons. The van der Waals surface area contributed by atoms with Gasteiger partial charge in [0.1, 0.15) is 19.3 Å². The molecule has 514 valence electrons. The topological polar surface area (TPSA) is 114 Å². The minimum absolute atomic E-state index is 0.0193. The Morgan fingerprint density at radius 1 is 0.402 bits per heavy atom. The molecule has 9 nitrogen and oxygen atoms in total. The largest absolute Gasteiger partial charge is 0.756 e. The maximum atomic E-state index is 13.6. The molecule has 0 aromatic heterocycles. The maximum Gasteiger partial charge on any atom is 0.306 e. The van der Waals surface area contributed by atoms with Crippen molar-refractivity contribution in [1.82, 2.24) is 5.32 Å². The summed E-state index contributed by atoms with van der Waals surface area (Å²) in [7, 11) is 1.20. The van der Waals surface area contributed by atoms with Crippen LogP contribution in [0.25, 0.3) is 0 Å². The van der Waals surface area contributed by atoms with E-state index < -0.39 is 20.0 Å². The Morgan fingerprint density at radius 3 is 1.06 bits per heavy atom. The fraction of sp³-hybridized carbons (Fsp3) is 0.896. The highest BCUT2D eigenvalue weighted by Crippen LogP contribution is 2.38. The molecule has 0 heterocycles. The van der Waals surface area contributed by atoms with Crippen LogP contribution in [-0.4, -0.2) is 69.4 Å². The number of allylic oxidation sites excluding steroid dienone is 5. The predicted molar refractivity (Wildman–Crippen MR) is 376 cm³/mol. The molecule has 0 spiro atoms. The van der Waals surface area contributed by atoms with E-state index in [9.17, 15) is 19.0 Å². The normalized spacial score (nSPS) is 13.6. The van der Waals surface area contributed by atoms with Crippen LogP contribution in [0.4, 0.5) is 0 Å². The molecule has 0 aromatic carbocycles. The van der Waals surface area contributed by atoms with Crippen LogP contribution in [0.5, 0.6) is 0 Å². The summed E-state index contributed by atoms with van der Waals surface area (Å²) in [6.45, 7) is 6.89. The minimum Gasteiger partial charge on any atom is -0.756 e. The van der Waals surface area contributed by atoms with Gasteiger partial charge in [-0.25, -0.2) is 0 Å². The number of rotatable bonds is 71. The lowest BCUT2D eigenvalue weighted by molar-refractivity contribution is -0.870. The number of amides is 1. The van der Waals surface area contributed by atoms with Crippen LogP contribution in [0.1, 0.15) is 393 Å². The Hall–Kier alpha value is -1.77. The first-order valence-electron chi connectivity index (χ1n) is 38.3. The lowest BCUT2D eigenvalue weighted by atomic mass is 10.0. The molecule has 0 bridgehead atoms. The fourth-order valence-electron chi connectivity index (χ4n) is 11.7. The van der Waals surface area contributed by atoms with Gasteiger partial charge in [-0.2, -0.15) is 0 Å². The van der Waals surface area contributed by atoms with E-state index >= 15 is 0 Å². The van der Waals surface area contributed by atoms with E-state index in [0.29, 0.717) is 17.4 Å². The van der Waals surface area contributed by atoms with E-state index in [1.54, 1.807) is 0 Å².